The topological polar surface area (TPSA) is 72.6 Å². The monoisotopic (exact) mass is 282 g/mol. The average molecular weight is 282 g/mol. The van der Waals surface area contributed by atoms with Crippen molar-refractivity contribution in [2.75, 3.05) is 41.8 Å². The molecule has 0 saturated carbocycles. The number of hydrogen-bond acceptors (Lipinski definition) is 5. The molecule has 19 heavy (non-hydrogen) atoms. The molecule has 0 amide bonds. The summed E-state index contributed by atoms with van der Waals surface area (Å²) < 4.78 is 16.3. The van der Waals surface area contributed by atoms with Crippen LogP contribution in [0.25, 0.3) is 0 Å². The molecule has 1 heterocycles. The van der Waals surface area contributed by atoms with Gasteiger partial charge in [0, 0.05) is 46.8 Å². The smallest absolute Gasteiger partial charge is 0.340 e. The van der Waals surface area contributed by atoms with E-state index in [0.29, 0.717) is 29.4 Å². The van der Waals surface area contributed by atoms with E-state index in [1.54, 1.807) is 19.1 Å². The predicted octanol–water partition coefficient (Wildman–Crippen LogP) is 1.01. The first kappa shape index (κ1) is 13.9. The largest absolute Gasteiger partial charge is 0.462 e. The molecule has 0 spiro atoms. The van der Waals surface area contributed by atoms with Gasteiger partial charge in [0.15, 0.2) is 0 Å². The predicted molar refractivity (Wildman–Crippen MR) is 76.9 cm³/mol. The van der Waals surface area contributed by atoms with E-state index in [1.807, 2.05) is 6.07 Å². The zero-order valence-electron chi connectivity index (χ0n) is 10.9. The quantitative estimate of drug-likeness (QED) is 0.662. The maximum Gasteiger partial charge on any atom is 0.340 e. The van der Waals surface area contributed by atoms with Crippen molar-refractivity contribution in [2.45, 2.75) is 6.92 Å². The molecular formula is C13H18N2O3S. The summed E-state index contributed by atoms with van der Waals surface area (Å²) in [5.41, 5.74) is 7.54. The molecule has 0 atom stereocenters. The number of rotatable bonds is 3. The van der Waals surface area contributed by atoms with Crippen molar-refractivity contribution in [3.05, 3.63) is 23.8 Å². The molecule has 1 aromatic rings. The minimum Gasteiger partial charge on any atom is -0.462 e. The number of carbonyl (C=O) groups is 1. The summed E-state index contributed by atoms with van der Waals surface area (Å²) in [4.78, 5) is 13.9. The van der Waals surface area contributed by atoms with Gasteiger partial charge in [-0.1, -0.05) is 0 Å². The molecule has 104 valence electrons. The van der Waals surface area contributed by atoms with Crippen molar-refractivity contribution in [3.63, 3.8) is 0 Å². The summed E-state index contributed by atoms with van der Waals surface area (Å²) in [6.07, 6.45) is 0. The van der Waals surface area contributed by atoms with E-state index < -0.39 is 16.8 Å². The zero-order valence-corrected chi connectivity index (χ0v) is 11.7. The second kappa shape index (κ2) is 6.06. The number of carbonyl (C=O) groups excluding carboxylic acids is 1. The number of nitrogens with two attached hydrogens (primary N) is 1. The van der Waals surface area contributed by atoms with Gasteiger partial charge < -0.3 is 15.4 Å². The standard InChI is InChI=1S/C13H18N2O3S/c1-2-18-13(16)11-9-10(3-4-12(11)14)15-5-7-19(17)8-6-15/h3-4,9H,2,5-8,14H2,1H3. The van der Waals surface area contributed by atoms with Crippen LogP contribution in [0.4, 0.5) is 11.4 Å². The van der Waals surface area contributed by atoms with E-state index in [9.17, 15) is 9.00 Å². The van der Waals surface area contributed by atoms with Crippen LogP contribution in [-0.2, 0) is 15.5 Å². The fourth-order valence-electron chi connectivity index (χ4n) is 2.02. The van der Waals surface area contributed by atoms with Crippen LogP contribution in [0.2, 0.25) is 0 Å². The van der Waals surface area contributed by atoms with Gasteiger partial charge >= 0.3 is 5.97 Å². The molecule has 0 aromatic heterocycles. The van der Waals surface area contributed by atoms with Crippen LogP contribution in [0.5, 0.6) is 0 Å². The molecule has 0 bridgehead atoms. The normalized spacial score (nSPS) is 16.4. The van der Waals surface area contributed by atoms with Gasteiger partial charge in [-0.05, 0) is 25.1 Å². The van der Waals surface area contributed by atoms with Crippen LogP contribution in [0.3, 0.4) is 0 Å². The Morgan fingerprint density at radius 3 is 2.74 bits per heavy atom. The minimum absolute atomic E-state index is 0.325. The Balaban J connectivity index is 2.20. The third-order valence-corrected chi connectivity index (χ3v) is 4.35. The summed E-state index contributed by atoms with van der Waals surface area (Å²) >= 11 is 0. The molecule has 2 N–H and O–H groups in total. The molecule has 1 saturated heterocycles. The molecule has 0 aliphatic carbocycles. The van der Waals surface area contributed by atoms with E-state index in [1.165, 1.54) is 0 Å². The number of esters is 1. The molecule has 0 radical (unpaired) electrons. The Bertz CT molecular complexity index is 495. The number of benzene rings is 1. The Morgan fingerprint density at radius 1 is 1.42 bits per heavy atom. The number of anilines is 2. The van der Waals surface area contributed by atoms with Gasteiger partial charge in [-0.25, -0.2) is 4.79 Å². The van der Waals surface area contributed by atoms with Crippen LogP contribution in [-0.4, -0.2) is 41.4 Å². The lowest BCUT2D eigenvalue weighted by atomic mass is 10.1. The van der Waals surface area contributed by atoms with E-state index in [0.717, 1.165) is 18.8 Å². The van der Waals surface area contributed by atoms with Gasteiger partial charge in [0.25, 0.3) is 0 Å². The van der Waals surface area contributed by atoms with Crippen molar-refractivity contribution >= 4 is 28.1 Å². The highest BCUT2D eigenvalue weighted by Crippen LogP contribution is 2.23. The van der Waals surface area contributed by atoms with Crippen LogP contribution >= 0.6 is 0 Å². The minimum atomic E-state index is -0.714. The highest BCUT2D eigenvalue weighted by atomic mass is 32.2. The Kier molecular flexibility index (Phi) is 4.42. The van der Waals surface area contributed by atoms with Crippen LogP contribution in [0.1, 0.15) is 17.3 Å². The Morgan fingerprint density at radius 2 is 2.11 bits per heavy atom. The number of nitrogens with zero attached hydrogens (tertiary/aromatic N) is 1. The highest BCUT2D eigenvalue weighted by molar-refractivity contribution is 7.85. The Hall–Kier alpha value is -1.56. The lowest BCUT2D eigenvalue weighted by Crippen LogP contribution is -2.37. The summed E-state index contributed by atoms with van der Waals surface area (Å²) in [5, 5.41) is 0. The van der Waals surface area contributed by atoms with Crippen LogP contribution in [0.15, 0.2) is 18.2 Å². The SMILES string of the molecule is CCOC(=O)c1cc(N2CCS(=O)CC2)ccc1N. The number of ether oxygens (including phenoxy) is 1. The van der Waals surface area contributed by atoms with Gasteiger partial charge in [-0.2, -0.15) is 0 Å². The summed E-state index contributed by atoms with van der Waals surface area (Å²) in [6.45, 7) is 3.56. The van der Waals surface area contributed by atoms with E-state index in [-0.39, 0.29) is 0 Å². The first-order valence-corrected chi connectivity index (χ1v) is 7.77. The average Bonchev–Trinajstić information content (AvgIpc) is 2.40. The van der Waals surface area contributed by atoms with Crippen molar-refractivity contribution < 1.29 is 13.7 Å². The lowest BCUT2D eigenvalue weighted by molar-refractivity contribution is 0.0527. The first-order valence-electron chi connectivity index (χ1n) is 6.28. The van der Waals surface area contributed by atoms with E-state index in [4.69, 9.17) is 10.5 Å². The molecule has 0 unspecified atom stereocenters. The highest BCUT2D eigenvalue weighted by Gasteiger charge is 2.18. The third kappa shape index (κ3) is 3.26. The lowest BCUT2D eigenvalue weighted by Gasteiger charge is -2.28. The number of hydrogen-bond donors (Lipinski definition) is 1. The van der Waals surface area contributed by atoms with Crippen molar-refractivity contribution in [2.24, 2.45) is 0 Å². The van der Waals surface area contributed by atoms with E-state index >= 15 is 0 Å². The maximum atomic E-state index is 11.8. The van der Waals surface area contributed by atoms with Crippen molar-refractivity contribution in [3.8, 4) is 0 Å². The molecule has 5 nitrogen and oxygen atoms in total. The second-order valence-corrected chi connectivity index (χ2v) is 6.02. The molecule has 1 fully saturated rings. The van der Waals surface area contributed by atoms with Gasteiger partial charge in [0.2, 0.25) is 0 Å². The van der Waals surface area contributed by atoms with Gasteiger partial charge in [-0.15, -0.1) is 0 Å². The molecule has 1 aliphatic rings. The second-order valence-electron chi connectivity index (χ2n) is 4.33. The maximum absolute atomic E-state index is 11.8. The number of nitrogen functional groups attached to an aromatic ring is 1. The van der Waals surface area contributed by atoms with E-state index in [2.05, 4.69) is 4.90 Å². The Labute approximate surface area is 115 Å². The summed E-state index contributed by atoms with van der Waals surface area (Å²) in [6, 6.07) is 5.35. The fraction of sp³-hybridized carbons (Fsp3) is 0.462. The molecule has 1 aromatic carbocycles. The molecular weight excluding hydrogens is 264 g/mol. The summed E-state index contributed by atoms with van der Waals surface area (Å²) in [5.74, 6) is 0.931. The van der Waals surface area contributed by atoms with Gasteiger partial charge in [0.05, 0.1) is 12.2 Å². The summed E-state index contributed by atoms with van der Waals surface area (Å²) in [7, 11) is -0.714. The fourth-order valence-corrected chi connectivity index (χ4v) is 3.07. The molecule has 6 heteroatoms. The van der Waals surface area contributed by atoms with Gasteiger partial charge in [-0.3, -0.25) is 4.21 Å². The molecule has 2 rings (SSSR count). The third-order valence-electron chi connectivity index (χ3n) is 3.08. The van der Waals surface area contributed by atoms with Crippen molar-refractivity contribution in [1.82, 2.24) is 0 Å². The molecule has 1 aliphatic heterocycles. The van der Waals surface area contributed by atoms with Crippen LogP contribution < -0.4 is 10.6 Å². The van der Waals surface area contributed by atoms with Crippen LogP contribution in [0, 0.1) is 0 Å². The zero-order chi connectivity index (χ0) is 13.8. The van der Waals surface area contributed by atoms with Gasteiger partial charge in [0.1, 0.15) is 0 Å². The van der Waals surface area contributed by atoms with Crippen molar-refractivity contribution in [1.29, 1.82) is 0 Å². The first-order chi connectivity index (χ1) is 9.11.